The molecule has 1 heterocycles. The zero-order valence-corrected chi connectivity index (χ0v) is 25.2. The van der Waals surface area contributed by atoms with Gasteiger partial charge >= 0.3 is 0 Å². The molecule has 6 atom stereocenters. The average molecular weight is 527 g/mol. The molecular formula is C28H54N4O5. The first-order chi connectivity index (χ1) is 17.3. The van der Waals surface area contributed by atoms with Crippen LogP contribution < -0.4 is 5.32 Å². The number of nitrogens with zero attached hydrogens (tertiary/aromatic N) is 3. The molecule has 0 radical (unpaired) electrons. The normalized spacial score (nSPS) is 20.2. The number of ether oxygens (including phenoxy) is 2. The lowest BCUT2D eigenvalue weighted by atomic mass is 9.90. The summed E-state index contributed by atoms with van der Waals surface area (Å²) >= 11 is 0. The molecule has 0 saturated carbocycles. The molecule has 1 rings (SSSR count). The van der Waals surface area contributed by atoms with Gasteiger partial charge in [0.05, 0.1) is 43.3 Å². The van der Waals surface area contributed by atoms with Crippen molar-refractivity contribution in [2.75, 3.05) is 48.5 Å². The van der Waals surface area contributed by atoms with E-state index < -0.39 is 6.10 Å². The van der Waals surface area contributed by atoms with Crippen LogP contribution in [-0.2, 0) is 23.9 Å². The van der Waals surface area contributed by atoms with Crippen molar-refractivity contribution in [3.8, 4) is 0 Å². The van der Waals surface area contributed by atoms with Gasteiger partial charge in [-0.25, -0.2) is 0 Å². The summed E-state index contributed by atoms with van der Waals surface area (Å²) in [7, 11) is 8.78. The standard InChI is InChI=1S/C28H54N4O5/c1-12-20(6)26(31(9)24(34)17-29-28(35)25(18(2)3)30(7)8)22(36-10)16-23(33)32-15-13-14-21(32)27(37-11)19(4)5/h18-22,25-27H,12-17H2,1-11H3,(H,29,35)/t20?,21-,22?,25?,26?,27?/m0/s1. The van der Waals surface area contributed by atoms with Crippen LogP contribution in [0, 0.1) is 17.8 Å². The Kier molecular flexibility index (Phi) is 14.1. The van der Waals surface area contributed by atoms with E-state index >= 15 is 0 Å². The number of amides is 3. The van der Waals surface area contributed by atoms with Crippen molar-refractivity contribution in [3.63, 3.8) is 0 Å². The van der Waals surface area contributed by atoms with Crippen molar-refractivity contribution in [1.29, 1.82) is 0 Å². The quantitative estimate of drug-likeness (QED) is 0.353. The number of carbonyl (C=O) groups is 3. The zero-order chi connectivity index (χ0) is 28.4. The summed E-state index contributed by atoms with van der Waals surface area (Å²) in [6.45, 7) is 13.0. The number of likely N-dealkylation sites (N-methyl/N-ethyl adjacent to an activating group) is 2. The van der Waals surface area contributed by atoms with Gasteiger partial charge in [-0.15, -0.1) is 0 Å². The number of likely N-dealkylation sites (tertiary alicyclic amines) is 1. The molecule has 216 valence electrons. The second kappa shape index (κ2) is 15.6. The summed E-state index contributed by atoms with van der Waals surface area (Å²) in [5.74, 6) is 0.180. The number of rotatable bonds is 15. The first-order valence-electron chi connectivity index (χ1n) is 13.9. The highest BCUT2D eigenvalue weighted by Gasteiger charge is 2.40. The van der Waals surface area contributed by atoms with Gasteiger partial charge < -0.3 is 24.6 Å². The van der Waals surface area contributed by atoms with Crippen LogP contribution in [-0.4, -0.2) is 111 Å². The first kappa shape index (κ1) is 33.3. The van der Waals surface area contributed by atoms with Crippen LogP contribution >= 0.6 is 0 Å². The summed E-state index contributed by atoms with van der Waals surface area (Å²) in [6.07, 6.45) is 2.43. The smallest absolute Gasteiger partial charge is 0.242 e. The van der Waals surface area contributed by atoms with Crippen LogP contribution in [0.1, 0.15) is 67.2 Å². The van der Waals surface area contributed by atoms with Gasteiger partial charge in [0, 0.05) is 27.8 Å². The van der Waals surface area contributed by atoms with Gasteiger partial charge in [-0.3, -0.25) is 19.3 Å². The minimum absolute atomic E-state index is 0.0116. The zero-order valence-electron chi connectivity index (χ0n) is 25.2. The first-order valence-corrected chi connectivity index (χ1v) is 13.9. The fourth-order valence-electron chi connectivity index (χ4n) is 5.88. The third-order valence-corrected chi connectivity index (χ3v) is 7.93. The van der Waals surface area contributed by atoms with Gasteiger partial charge in [0.25, 0.3) is 0 Å². The molecule has 1 saturated heterocycles. The molecule has 0 aliphatic carbocycles. The Hall–Kier alpha value is -1.71. The summed E-state index contributed by atoms with van der Waals surface area (Å²) in [6, 6.07) is -0.567. The molecular weight excluding hydrogens is 472 g/mol. The van der Waals surface area contributed by atoms with Crippen molar-refractivity contribution < 1.29 is 23.9 Å². The fourth-order valence-corrected chi connectivity index (χ4v) is 5.88. The third kappa shape index (κ3) is 8.93. The topological polar surface area (TPSA) is 91.4 Å². The van der Waals surface area contributed by atoms with E-state index in [-0.39, 0.29) is 66.8 Å². The van der Waals surface area contributed by atoms with Crippen molar-refractivity contribution in [3.05, 3.63) is 0 Å². The van der Waals surface area contributed by atoms with E-state index in [0.29, 0.717) is 12.5 Å². The van der Waals surface area contributed by atoms with Crippen LogP contribution in [0.3, 0.4) is 0 Å². The summed E-state index contributed by atoms with van der Waals surface area (Å²) in [5, 5.41) is 2.81. The molecule has 5 unspecified atom stereocenters. The van der Waals surface area contributed by atoms with Gasteiger partial charge in [-0.05, 0) is 44.7 Å². The third-order valence-electron chi connectivity index (χ3n) is 7.93. The molecule has 37 heavy (non-hydrogen) atoms. The Balaban J connectivity index is 3.00. The van der Waals surface area contributed by atoms with Crippen molar-refractivity contribution in [2.45, 2.75) is 97.6 Å². The van der Waals surface area contributed by atoms with Gasteiger partial charge in [0.15, 0.2) is 0 Å². The van der Waals surface area contributed by atoms with E-state index in [2.05, 4.69) is 33.0 Å². The Morgan fingerprint density at radius 1 is 1.00 bits per heavy atom. The fraction of sp³-hybridized carbons (Fsp3) is 0.893. The number of methoxy groups -OCH3 is 2. The van der Waals surface area contributed by atoms with Gasteiger partial charge in [0.1, 0.15) is 0 Å². The maximum atomic E-state index is 13.5. The molecule has 0 bridgehead atoms. The molecule has 9 nitrogen and oxygen atoms in total. The average Bonchev–Trinajstić information content (AvgIpc) is 3.30. The van der Waals surface area contributed by atoms with Gasteiger partial charge in [-0.1, -0.05) is 48.0 Å². The largest absolute Gasteiger partial charge is 0.379 e. The van der Waals surface area contributed by atoms with E-state index in [1.165, 1.54) is 0 Å². The Bertz CT molecular complexity index is 721. The number of nitrogens with one attached hydrogen (secondary N) is 1. The minimum atomic E-state index is -0.460. The van der Waals surface area contributed by atoms with Crippen LogP contribution in [0.25, 0.3) is 0 Å². The predicted molar refractivity (Wildman–Crippen MR) is 147 cm³/mol. The van der Waals surface area contributed by atoms with Crippen LogP contribution in [0.4, 0.5) is 0 Å². The molecule has 9 heteroatoms. The molecule has 1 fully saturated rings. The van der Waals surface area contributed by atoms with E-state index in [9.17, 15) is 14.4 Å². The van der Waals surface area contributed by atoms with E-state index in [0.717, 1.165) is 19.3 Å². The number of hydrogen-bond acceptors (Lipinski definition) is 6. The highest BCUT2D eigenvalue weighted by atomic mass is 16.5. The summed E-state index contributed by atoms with van der Waals surface area (Å²) in [5.41, 5.74) is 0. The van der Waals surface area contributed by atoms with Crippen LogP contribution in [0.2, 0.25) is 0 Å². The molecule has 1 N–H and O–H groups in total. The van der Waals surface area contributed by atoms with Crippen LogP contribution in [0.15, 0.2) is 0 Å². The minimum Gasteiger partial charge on any atom is -0.379 e. The lowest BCUT2D eigenvalue weighted by Gasteiger charge is -2.39. The molecule has 0 aromatic rings. The van der Waals surface area contributed by atoms with E-state index in [1.54, 1.807) is 26.2 Å². The lowest BCUT2D eigenvalue weighted by molar-refractivity contribution is -0.144. The highest BCUT2D eigenvalue weighted by Crippen LogP contribution is 2.28. The highest BCUT2D eigenvalue weighted by molar-refractivity contribution is 5.87. The van der Waals surface area contributed by atoms with Gasteiger partial charge in [0.2, 0.25) is 17.7 Å². The second-order valence-corrected chi connectivity index (χ2v) is 11.5. The Morgan fingerprint density at radius 2 is 1.62 bits per heavy atom. The molecule has 1 aliphatic rings. The Labute approximate surface area is 225 Å². The van der Waals surface area contributed by atoms with Crippen molar-refractivity contribution in [2.24, 2.45) is 17.8 Å². The van der Waals surface area contributed by atoms with E-state index in [4.69, 9.17) is 9.47 Å². The summed E-state index contributed by atoms with van der Waals surface area (Å²) in [4.78, 5) is 45.0. The SMILES string of the molecule is CCC(C)C(C(CC(=O)N1CCC[C@H]1C(OC)C(C)C)OC)N(C)C(=O)CNC(=O)C(C(C)C)N(C)C. The van der Waals surface area contributed by atoms with Crippen molar-refractivity contribution in [1.82, 2.24) is 20.0 Å². The number of carbonyl (C=O) groups excluding carboxylic acids is 3. The van der Waals surface area contributed by atoms with Crippen LogP contribution in [0.5, 0.6) is 0 Å². The monoisotopic (exact) mass is 526 g/mol. The molecule has 0 aromatic heterocycles. The molecule has 0 aromatic carbocycles. The van der Waals surface area contributed by atoms with Gasteiger partial charge in [-0.2, -0.15) is 0 Å². The summed E-state index contributed by atoms with van der Waals surface area (Å²) < 4.78 is 11.6. The van der Waals surface area contributed by atoms with Crippen molar-refractivity contribution >= 4 is 17.7 Å². The molecule has 3 amide bonds. The number of hydrogen-bond donors (Lipinski definition) is 1. The predicted octanol–water partition coefficient (Wildman–Crippen LogP) is 2.63. The maximum absolute atomic E-state index is 13.5. The molecule has 1 aliphatic heterocycles. The van der Waals surface area contributed by atoms with E-state index in [1.807, 2.05) is 37.7 Å². The maximum Gasteiger partial charge on any atom is 0.242 e. The second-order valence-electron chi connectivity index (χ2n) is 11.5. The molecule has 0 spiro atoms. The Morgan fingerprint density at radius 3 is 2.08 bits per heavy atom. The lowest BCUT2D eigenvalue weighted by Crippen LogP contribution is -2.55.